The first-order valence-electron chi connectivity index (χ1n) is 12.7. The Hall–Kier alpha value is -3.42. The summed E-state index contributed by atoms with van der Waals surface area (Å²) in [5.41, 5.74) is 4.98. The number of hydrogen-bond acceptors (Lipinski definition) is 4. The monoisotopic (exact) mass is 492 g/mol. The van der Waals surface area contributed by atoms with Crippen LogP contribution in [0.25, 0.3) is 0 Å². The van der Waals surface area contributed by atoms with Gasteiger partial charge in [-0.15, -0.1) is 0 Å². The summed E-state index contributed by atoms with van der Waals surface area (Å²) in [5, 5.41) is 0. The number of rotatable bonds is 4. The molecule has 5 rings (SSSR count). The predicted molar refractivity (Wildman–Crippen MR) is 137 cm³/mol. The molecule has 0 radical (unpaired) electrons. The van der Waals surface area contributed by atoms with Gasteiger partial charge in [0.15, 0.2) is 0 Å². The molecule has 0 bridgehead atoms. The van der Waals surface area contributed by atoms with Gasteiger partial charge in [-0.2, -0.15) is 0 Å². The molecule has 3 fully saturated rings. The number of hydrogen-bond donors (Lipinski definition) is 0. The lowest BCUT2D eigenvalue weighted by Gasteiger charge is -2.37. The Labute approximate surface area is 211 Å². The quantitative estimate of drug-likeness (QED) is 0.658. The third-order valence-corrected chi connectivity index (χ3v) is 7.60. The summed E-state index contributed by atoms with van der Waals surface area (Å²) in [6.07, 6.45) is -0.467. The number of amides is 3. The first-order chi connectivity index (χ1) is 17.3. The minimum Gasteiger partial charge on any atom is -0.368 e. The van der Waals surface area contributed by atoms with E-state index in [9.17, 15) is 18.8 Å². The van der Waals surface area contributed by atoms with Crippen LogP contribution < -0.4 is 9.80 Å². The normalized spacial score (nSPS) is 22.5. The summed E-state index contributed by atoms with van der Waals surface area (Å²) in [5.74, 6) is -0.723. The standard InChI is InChI=1S/C28H33FN4O3/c1-19-3-8-25(20(2)15-19)30-11-13-31(14-12-30)27(35)21-4-6-24(7-5-21)33-17-22(16-26(33)34)28(36)32-10-9-23(29)18-32/h3-8,15,22-23H,9-14,16-18H2,1-2H3. The van der Waals surface area contributed by atoms with Crippen LogP contribution in [-0.4, -0.2) is 79.5 Å². The highest BCUT2D eigenvalue weighted by Gasteiger charge is 2.39. The van der Waals surface area contributed by atoms with E-state index in [1.54, 1.807) is 29.2 Å². The van der Waals surface area contributed by atoms with E-state index in [-0.39, 0.29) is 30.7 Å². The van der Waals surface area contributed by atoms with Gasteiger partial charge in [-0.3, -0.25) is 14.4 Å². The summed E-state index contributed by atoms with van der Waals surface area (Å²) in [6.45, 7) is 7.91. The number of halogens is 1. The number of aryl methyl sites for hydroxylation is 2. The second-order valence-corrected chi connectivity index (χ2v) is 10.2. The molecule has 3 amide bonds. The zero-order chi connectivity index (χ0) is 25.4. The Morgan fingerprint density at radius 1 is 0.889 bits per heavy atom. The number of nitrogens with zero attached hydrogens (tertiary/aromatic N) is 4. The van der Waals surface area contributed by atoms with Crippen molar-refractivity contribution in [2.75, 3.05) is 55.6 Å². The lowest BCUT2D eigenvalue weighted by molar-refractivity contribution is -0.135. The average molecular weight is 493 g/mol. The zero-order valence-corrected chi connectivity index (χ0v) is 21.0. The number of benzene rings is 2. The second-order valence-electron chi connectivity index (χ2n) is 10.2. The van der Waals surface area contributed by atoms with Gasteiger partial charge in [0.1, 0.15) is 6.17 Å². The number of piperazine rings is 1. The van der Waals surface area contributed by atoms with E-state index in [1.807, 2.05) is 4.90 Å². The number of anilines is 2. The Morgan fingerprint density at radius 2 is 1.61 bits per heavy atom. The molecule has 190 valence electrons. The maximum atomic E-state index is 13.5. The highest BCUT2D eigenvalue weighted by Crippen LogP contribution is 2.28. The zero-order valence-electron chi connectivity index (χ0n) is 21.0. The van der Waals surface area contributed by atoms with Crippen LogP contribution in [0, 0.1) is 19.8 Å². The molecular weight excluding hydrogens is 459 g/mol. The average Bonchev–Trinajstić information content (AvgIpc) is 3.49. The molecular formula is C28H33FN4O3. The molecule has 3 saturated heterocycles. The van der Waals surface area contributed by atoms with Crippen LogP contribution in [0.2, 0.25) is 0 Å². The van der Waals surface area contributed by atoms with Gasteiger partial charge >= 0.3 is 0 Å². The molecule has 0 spiro atoms. The van der Waals surface area contributed by atoms with Crippen molar-refractivity contribution in [3.8, 4) is 0 Å². The van der Waals surface area contributed by atoms with Gasteiger partial charge in [-0.05, 0) is 56.2 Å². The summed E-state index contributed by atoms with van der Waals surface area (Å²) >= 11 is 0. The van der Waals surface area contributed by atoms with Crippen LogP contribution in [0.15, 0.2) is 42.5 Å². The molecule has 0 saturated carbocycles. The van der Waals surface area contributed by atoms with Crippen molar-refractivity contribution in [2.45, 2.75) is 32.9 Å². The second kappa shape index (κ2) is 9.91. The van der Waals surface area contributed by atoms with Gasteiger partial charge in [-0.25, -0.2) is 4.39 Å². The van der Waals surface area contributed by atoms with Gasteiger partial charge in [0.25, 0.3) is 5.91 Å². The number of carbonyl (C=O) groups excluding carboxylic acids is 3. The number of alkyl halides is 1. The minimum absolute atomic E-state index is 0.0163. The molecule has 3 heterocycles. The SMILES string of the molecule is Cc1ccc(N2CCN(C(=O)c3ccc(N4CC(C(=O)N5CCC(F)C5)CC4=O)cc3)CC2)c(C)c1. The van der Waals surface area contributed by atoms with Crippen LogP contribution in [0.5, 0.6) is 0 Å². The van der Waals surface area contributed by atoms with E-state index >= 15 is 0 Å². The molecule has 36 heavy (non-hydrogen) atoms. The van der Waals surface area contributed by atoms with Gasteiger partial charge in [0, 0.05) is 62.6 Å². The third-order valence-electron chi connectivity index (χ3n) is 7.60. The molecule has 8 heteroatoms. The fraction of sp³-hybridized carbons (Fsp3) is 0.464. The molecule has 2 unspecified atom stereocenters. The van der Waals surface area contributed by atoms with Crippen LogP contribution in [0.3, 0.4) is 0 Å². The molecule has 0 N–H and O–H groups in total. The molecule has 2 aromatic carbocycles. The molecule has 3 aliphatic rings. The molecule has 7 nitrogen and oxygen atoms in total. The lowest BCUT2D eigenvalue weighted by Crippen LogP contribution is -2.49. The third kappa shape index (κ3) is 4.81. The Kier molecular flexibility index (Phi) is 6.69. The van der Waals surface area contributed by atoms with Crippen LogP contribution in [0.1, 0.15) is 34.3 Å². The predicted octanol–water partition coefficient (Wildman–Crippen LogP) is 3.19. The lowest BCUT2D eigenvalue weighted by atomic mass is 10.1. The van der Waals surface area contributed by atoms with Crippen molar-refractivity contribution in [3.63, 3.8) is 0 Å². The van der Waals surface area contributed by atoms with Crippen molar-refractivity contribution in [3.05, 3.63) is 59.2 Å². The first kappa shape index (κ1) is 24.3. The van der Waals surface area contributed by atoms with Crippen molar-refractivity contribution < 1.29 is 18.8 Å². The maximum Gasteiger partial charge on any atom is 0.253 e. The Balaban J connectivity index is 1.18. The fourth-order valence-corrected chi connectivity index (χ4v) is 5.58. The van der Waals surface area contributed by atoms with Crippen molar-refractivity contribution >= 4 is 29.1 Å². The molecule has 3 aliphatic heterocycles. The smallest absolute Gasteiger partial charge is 0.253 e. The van der Waals surface area contributed by atoms with Gasteiger partial charge in [0.05, 0.1) is 12.5 Å². The van der Waals surface area contributed by atoms with E-state index in [4.69, 9.17) is 0 Å². The van der Waals surface area contributed by atoms with E-state index in [1.165, 1.54) is 21.7 Å². The van der Waals surface area contributed by atoms with Gasteiger partial charge in [0.2, 0.25) is 11.8 Å². The summed E-state index contributed by atoms with van der Waals surface area (Å²) in [6, 6.07) is 13.5. The summed E-state index contributed by atoms with van der Waals surface area (Å²) in [4.78, 5) is 45.8. The molecule has 0 aliphatic carbocycles. The summed E-state index contributed by atoms with van der Waals surface area (Å²) in [7, 11) is 0. The van der Waals surface area contributed by atoms with Crippen LogP contribution >= 0.6 is 0 Å². The van der Waals surface area contributed by atoms with Gasteiger partial charge in [-0.1, -0.05) is 17.7 Å². The molecule has 0 aromatic heterocycles. The topological polar surface area (TPSA) is 64.2 Å². The highest BCUT2D eigenvalue weighted by molar-refractivity contribution is 6.01. The van der Waals surface area contributed by atoms with E-state index in [2.05, 4.69) is 36.9 Å². The fourth-order valence-electron chi connectivity index (χ4n) is 5.58. The Morgan fingerprint density at radius 3 is 2.25 bits per heavy atom. The Bertz CT molecular complexity index is 1160. The molecule has 2 atom stereocenters. The van der Waals surface area contributed by atoms with Crippen molar-refractivity contribution in [1.29, 1.82) is 0 Å². The van der Waals surface area contributed by atoms with E-state index in [0.29, 0.717) is 43.9 Å². The maximum absolute atomic E-state index is 13.5. The summed E-state index contributed by atoms with van der Waals surface area (Å²) < 4.78 is 13.5. The van der Waals surface area contributed by atoms with Crippen LogP contribution in [-0.2, 0) is 9.59 Å². The van der Waals surface area contributed by atoms with Crippen molar-refractivity contribution in [2.24, 2.45) is 5.92 Å². The highest BCUT2D eigenvalue weighted by atomic mass is 19.1. The largest absolute Gasteiger partial charge is 0.368 e. The molecule has 2 aromatic rings. The minimum atomic E-state index is -0.970. The number of carbonyl (C=O) groups is 3. The van der Waals surface area contributed by atoms with Crippen molar-refractivity contribution in [1.82, 2.24) is 9.80 Å². The van der Waals surface area contributed by atoms with Gasteiger partial charge < -0.3 is 19.6 Å². The van der Waals surface area contributed by atoms with E-state index < -0.39 is 12.1 Å². The first-order valence-corrected chi connectivity index (χ1v) is 12.7. The van der Waals surface area contributed by atoms with Crippen LogP contribution in [0.4, 0.5) is 15.8 Å². The number of likely N-dealkylation sites (tertiary alicyclic amines) is 1. The van der Waals surface area contributed by atoms with E-state index in [0.717, 1.165) is 13.1 Å².